The number of ether oxygens (including phenoxy) is 2. The minimum Gasteiger partial charge on any atom is -0.348 e. The second-order valence-electron chi connectivity index (χ2n) is 7.60. The van der Waals surface area contributed by atoms with E-state index in [4.69, 9.17) is 9.47 Å². The van der Waals surface area contributed by atoms with E-state index in [2.05, 4.69) is 29.6 Å². The van der Waals surface area contributed by atoms with Crippen LogP contribution in [0, 0.1) is 5.92 Å². The van der Waals surface area contributed by atoms with Crippen LogP contribution in [0.2, 0.25) is 0 Å². The molecule has 5 nitrogen and oxygen atoms in total. The van der Waals surface area contributed by atoms with E-state index in [1.807, 2.05) is 11.9 Å². The summed E-state index contributed by atoms with van der Waals surface area (Å²) in [7, 11) is 1.91. The van der Waals surface area contributed by atoms with Gasteiger partial charge in [0.15, 0.2) is 5.79 Å². The van der Waals surface area contributed by atoms with Crippen LogP contribution in [-0.4, -0.2) is 43.5 Å². The molecule has 1 spiro atoms. The average molecular weight is 344 g/mol. The zero-order valence-electron chi connectivity index (χ0n) is 15.0. The summed E-state index contributed by atoms with van der Waals surface area (Å²) in [6, 6.07) is 8.70. The summed E-state index contributed by atoms with van der Waals surface area (Å²) < 4.78 is 11.6. The standard InChI is InChI=1S/C20H28N2O3/c1-22(18-7-6-16-4-2-3-5-17(16)18)19(23)21-14-15-8-10-20(11-9-15)24-12-13-25-20/h2-5,15,18H,6-14H2,1H3,(H,21,23)/t18-/m1/s1. The molecule has 1 N–H and O–H groups in total. The van der Waals surface area contributed by atoms with E-state index in [-0.39, 0.29) is 17.9 Å². The van der Waals surface area contributed by atoms with Gasteiger partial charge in [-0.05, 0) is 42.7 Å². The molecule has 1 atom stereocenters. The first kappa shape index (κ1) is 16.9. The first-order valence-corrected chi connectivity index (χ1v) is 9.53. The minimum absolute atomic E-state index is 0.0374. The number of aryl methyl sites for hydroxylation is 1. The number of hydrogen-bond donors (Lipinski definition) is 1. The summed E-state index contributed by atoms with van der Waals surface area (Å²) in [6.45, 7) is 2.18. The third-order valence-electron chi connectivity index (χ3n) is 6.11. The molecule has 1 heterocycles. The Morgan fingerprint density at radius 2 is 1.92 bits per heavy atom. The zero-order valence-corrected chi connectivity index (χ0v) is 15.0. The Bertz CT molecular complexity index is 617. The SMILES string of the molecule is CN(C(=O)NCC1CCC2(CC1)OCCO2)[C@@H]1CCc2ccccc21. The summed E-state index contributed by atoms with van der Waals surface area (Å²) in [6.07, 6.45) is 6.07. The number of carbonyl (C=O) groups excluding carboxylic acids is 1. The van der Waals surface area contributed by atoms with Crippen LogP contribution in [0.5, 0.6) is 0 Å². The largest absolute Gasteiger partial charge is 0.348 e. The van der Waals surface area contributed by atoms with Gasteiger partial charge in [-0.25, -0.2) is 4.79 Å². The van der Waals surface area contributed by atoms with Crippen LogP contribution in [0.4, 0.5) is 4.79 Å². The summed E-state index contributed by atoms with van der Waals surface area (Å²) in [5.41, 5.74) is 2.68. The summed E-state index contributed by atoms with van der Waals surface area (Å²) in [4.78, 5) is 14.5. The number of amides is 2. The highest BCUT2D eigenvalue weighted by Crippen LogP contribution is 2.38. The predicted molar refractivity (Wildman–Crippen MR) is 95.3 cm³/mol. The summed E-state index contributed by atoms with van der Waals surface area (Å²) in [5, 5.41) is 3.14. The highest BCUT2D eigenvalue weighted by Gasteiger charge is 2.40. The monoisotopic (exact) mass is 344 g/mol. The van der Waals surface area contributed by atoms with Crippen LogP contribution < -0.4 is 5.32 Å². The second-order valence-corrected chi connectivity index (χ2v) is 7.60. The lowest BCUT2D eigenvalue weighted by Crippen LogP contribution is -2.43. The van der Waals surface area contributed by atoms with Crippen LogP contribution in [0.25, 0.3) is 0 Å². The number of hydrogen-bond acceptors (Lipinski definition) is 3. The highest BCUT2D eigenvalue weighted by molar-refractivity contribution is 5.74. The molecule has 0 bridgehead atoms. The van der Waals surface area contributed by atoms with Gasteiger partial charge in [0.05, 0.1) is 19.3 Å². The number of urea groups is 1. The molecule has 4 rings (SSSR count). The van der Waals surface area contributed by atoms with Gasteiger partial charge in [0.25, 0.3) is 0 Å². The number of fused-ring (bicyclic) bond motifs is 1. The molecule has 5 heteroatoms. The molecule has 1 aliphatic heterocycles. The fourth-order valence-electron chi connectivity index (χ4n) is 4.54. The molecule has 0 radical (unpaired) electrons. The quantitative estimate of drug-likeness (QED) is 0.916. The number of benzene rings is 1. The molecular weight excluding hydrogens is 316 g/mol. The van der Waals surface area contributed by atoms with Crippen molar-refractivity contribution in [1.82, 2.24) is 10.2 Å². The number of nitrogens with one attached hydrogen (secondary N) is 1. The maximum atomic E-state index is 12.6. The van der Waals surface area contributed by atoms with Crippen LogP contribution in [-0.2, 0) is 15.9 Å². The van der Waals surface area contributed by atoms with Crippen molar-refractivity contribution in [2.45, 2.75) is 50.4 Å². The Kier molecular flexibility index (Phi) is 4.69. The fourth-order valence-corrected chi connectivity index (χ4v) is 4.54. The van der Waals surface area contributed by atoms with Crippen LogP contribution in [0.1, 0.15) is 49.3 Å². The van der Waals surface area contributed by atoms with Crippen LogP contribution >= 0.6 is 0 Å². The number of nitrogens with zero attached hydrogens (tertiary/aromatic N) is 1. The molecule has 0 aromatic heterocycles. The second kappa shape index (κ2) is 6.96. The number of carbonyl (C=O) groups is 1. The maximum Gasteiger partial charge on any atom is 0.317 e. The van der Waals surface area contributed by atoms with Gasteiger partial charge in [-0.2, -0.15) is 0 Å². The van der Waals surface area contributed by atoms with E-state index >= 15 is 0 Å². The Balaban J connectivity index is 1.27. The smallest absolute Gasteiger partial charge is 0.317 e. The van der Waals surface area contributed by atoms with Crippen molar-refractivity contribution in [3.05, 3.63) is 35.4 Å². The highest BCUT2D eigenvalue weighted by atomic mass is 16.7. The Labute approximate surface area is 149 Å². The van der Waals surface area contributed by atoms with E-state index < -0.39 is 0 Å². The normalized spacial score (nSPS) is 25.1. The van der Waals surface area contributed by atoms with Crippen molar-refractivity contribution in [1.29, 1.82) is 0 Å². The van der Waals surface area contributed by atoms with Crippen molar-refractivity contribution in [2.24, 2.45) is 5.92 Å². The maximum absolute atomic E-state index is 12.6. The van der Waals surface area contributed by atoms with E-state index in [1.165, 1.54) is 11.1 Å². The third-order valence-corrected chi connectivity index (χ3v) is 6.11. The molecule has 2 amide bonds. The zero-order chi connectivity index (χ0) is 17.3. The Morgan fingerprint density at radius 1 is 1.20 bits per heavy atom. The van der Waals surface area contributed by atoms with Crippen molar-refractivity contribution in [3.63, 3.8) is 0 Å². The third kappa shape index (κ3) is 3.40. The van der Waals surface area contributed by atoms with Gasteiger partial charge in [-0.1, -0.05) is 24.3 Å². The van der Waals surface area contributed by atoms with Gasteiger partial charge in [0.2, 0.25) is 0 Å². The van der Waals surface area contributed by atoms with Gasteiger partial charge >= 0.3 is 6.03 Å². The Morgan fingerprint density at radius 3 is 2.68 bits per heavy atom. The first-order chi connectivity index (χ1) is 12.2. The minimum atomic E-state index is -0.315. The lowest BCUT2D eigenvalue weighted by Gasteiger charge is -2.35. The predicted octanol–water partition coefficient (Wildman–Crippen LogP) is 3.25. The molecule has 1 aromatic carbocycles. The molecule has 3 aliphatic rings. The lowest BCUT2D eigenvalue weighted by atomic mass is 9.85. The van der Waals surface area contributed by atoms with Crippen molar-refractivity contribution < 1.29 is 14.3 Å². The molecule has 0 unspecified atom stereocenters. The van der Waals surface area contributed by atoms with Crippen molar-refractivity contribution in [3.8, 4) is 0 Å². The van der Waals surface area contributed by atoms with E-state index in [1.54, 1.807) is 0 Å². The van der Waals surface area contributed by atoms with E-state index in [0.29, 0.717) is 5.92 Å². The van der Waals surface area contributed by atoms with Crippen LogP contribution in [0.3, 0.4) is 0 Å². The molecule has 1 saturated heterocycles. The fraction of sp³-hybridized carbons (Fsp3) is 0.650. The lowest BCUT2D eigenvalue weighted by molar-refractivity contribution is -0.182. The van der Waals surface area contributed by atoms with Gasteiger partial charge in [0, 0.05) is 26.4 Å². The van der Waals surface area contributed by atoms with Gasteiger partial charge in [-0.3, -0.25) is 0 Å². The summed E-state index contributed by atoms with van der Waals surface area (Å²) in [5.74, 6) is 0.205. The number of rotatable bonds is 3. The average Bonchev–Trinajstić information content (AvgIpc) is 3.28. The molecular formula is C20H28N2O3. The van der Waals surface area contributed by atoms with Crippen molar-refractivity contribution in [2.75, 3.05) is 26.8 Å². The molecule has 25 heavy (non-hydrogen) atoms. The summed E-state index contributed by atoms with van der Waals surface area (Å²) >= 11 is 0. The van der Waals surface area contributed by atoms with Gasteiger partial charge in [0.1, 0.15) is 0 Å². The molecule has 1 aromatic rings. The van der Waals surface area contributed by atoms with E-state index in [0.717, 1.165) is 58.3 Å². The molecule has 1 saturated carbocycles. The molecule has 136 valence electrons. The van der Waals surface area contributed by atoms with E-state index in [9.17, 15) is 4.79 Å². The Hall–Kier alpha value is -1.59. The molecule has 2 aliphatic carbocycles. The first-order valence-electron chi connectivity index (χ1n) is 9.53. The van der Waals surface area contributed by atoms with Crippen LogP contribution in [0.15, 0.2) is 24.3 Å². The van der Waals surface area contributed by atoms with Crippen molar-refractivity contribution >= 4 is 6.03 Å². The van der Waals surface area contributed by atoms with Gasteiger partial charge < -0.3 is 19.7 Å². The molecule has 2 fully saturated rings. The van der Waals surface area contributed by atoms with Gasteiger partial charge in [-0.15, -0.1) is 0 Å². The topological polar surface area (TPSA) is 50.8 Å².